The molecule has 2 N–H and O–H groups in total. The van der Waals surface area contributed by atoms with Gasteiger partial charge in [-0.2, -0.15) is 0 Å². The third-order valence-corrected chi connectivity index (χ3v) is 1.21. The van der Waals surface area contributed by atoms with Gasteiger partial charge in [0.05, 0.1) is 5.54 Å². The first-order valence-electron chi connectivity index (χ1n) is 2.49. The molecule has 1 aliphatic rings. The van der Waals surface area contributed by atoms with Crippen molar-refractivity contribution < 1.29 is 0 Å². The van der Waals surface area contributed by atoms with Crippen LogP contribution in [0.1, 0.15) is 12.8 Å². The molecule has 1 rings (SSSR count). The van der Waals surface area contributed by atoms with Crippen molar-refractivity contribution in [1.29, 1.82) is 0 Å². The third-order valence-electron chi connectivity index (χ3n) is 1.21. The molecule has 7 heavy (non-hydrogen) atoms. The van der Waals surface area contributed by atoms with Crippen molar-refractivity contribution >= 4 is 6.21 Å². The van der Waals surface area contributed by atoms with E-state index in [0.29, 0.717) is 0 Å². The Morgan fingerprint density at radius 2 is 2.29 bits per heavy atom. The molecule has 1 fully saturated rings. The van der Waals surface area contributed by atoms with Crippen LogP contribution in [0.2, 0.25) is 0 Å². The summed E-state index contributed by atoms with van der Waals surface area (Å²) in [4.78, 5) is 3.82. The molecule has 0 atom stereocenters. The highest BCUT2D eigenvalue weighted by atomic mass is 14.8. The van der Waals surface area contributed by atoms with E-state index in [4.69, 9.17) is 5.73 Å². The lowest BCUT2D eigenvalue weighted by molar-refractivity contribution is 0.927. The first kappa shape index (κ1) is 4.78. The monoisotopic (exact) mass is 98.1 g/mol. The van der Waals surface area contributed by atoms with E-state index in [1.54, 1.807) is 7.05 Å². The molecule has 40 valence electrons. The number of rotatable bonds is 1. The van der Waals surface area contributed by atoms with Crippen molar-refractivity contribution in [3.8, 4) is 0 Å². The van der Waals surface area contributed by atoms with Crippen LogP contribution in [0.3, 0.4) is 0 Å². The van der Waals surface area contributed by atoms with E-state index in [0.717, 1.165) is 12.8 Å². The number of hydrogen-bond acceptors (Lipinski definition) is 2. The van der Waals surface area contributed by atoms with Crippen molar-refractivity contribution in [2.24, 2.45) is 10.7 Å². The highest BCUT2D eigenvalue weighted by molar-refractivity contribution is 5.73. The van der Waals surface area contributed by atoms with Crippen LogP contribution in [0.5, 0.6) is 0 Å². The zero-order valence-electron chi connectivity index (χ0n) is 4.52. The fraction of sp³-hybridized carbons (Fsp3) is 0.800. The molecular formula is C5H10N2. The van der Waals surface area contributed by atoms with Gasteiger partial charge in [-0.1, -0.05) is 0 Å². The second kappa shape index (κ2) is 1.30. The third kappa shape index (κ3) is 0.996. The summed E-state index contributed by atoms with van der Waals surface area (Å²) < 4.78 is 0. The second-order valence-corrected chi connectivity index (χ2v) is 2.12. The Balaban J connectivity index is 2.40. The van der Waals surface area contributed by atoms with Gasteiger partial charge in [0, 0.05) is 13.3 Å². The molecule has 0 spiro atoms. The van der Waals surface area contributed by atoms with Gasteiger partial charge in [0.1, 0.15) is 0 Å². The Morgan fingerprint density at radius 1 is 1.71 bits per heavy atom. The van der Waals surface area contributed by atoms with Crippen molar-refractivity contribution in [2.45, 2.75) is 18.4 Å². The van der Waals surface area contributed by atoms with E-state index in [-0.39, 0.29) is 5.54 Å². The lowest BCUT2D eigenvalue weighted by atomic mass is 10.3. The first-order chi connectivity index (χ1) is 3.27. The van der Waals surface area contributed by atoms with E-state index in [1.165, 1.54) is 0 Å². The predicted molar refractivity (Wildman–Crippen MR) is 30.6 cm³/mol. The summed E-state index contributed by atoms with van der Waals surface area (Å²) in [5.74, 6) is 0. The molecule has 0 radical (unpaired) electrons. The molecule has 0 unspecified atom stereocenters. The molecule has 0 saturated heterocycles. The van der Waals surface area contributed by atoms with Crippen LogP contribution in [0.15, 0.2) is 4.99 Å². The highest BCUT2D eigenvalue weighted by Crippen LogP contribution is 2.29. The van der Waals surface area contributed by atoms with Crippen LogP contribution in [-0.4, -0.2) is 18.8 Å². The van der Waals surface area contributed by atoms with E-state index < -0.39 is 0 Å². The Morgan fingerprint density at radius 3 is 2.43 bits per heavy atom. The normalized spacial score (nSPS) is 26.0. The van der Waals surface area contributed by atoms with Crippen molar-refractivity contribution in [3.63, 3.8) is 0 Å². The fourth-order valence-electron chi connectivity index (χ4n) is 0.531. The van der Waals surface area contributed by atoms with E-state index in [2.05, 4.69) is 4.99 Å². The molecule has 1 aliphatic carbocycles. The molecule has 0 aromatic heterocycles. The summed E-state index contributed by atoms with van der Waals surface area (Å²) in [6.45, 7) is 0. The maximum Gasteiger partial charge on any atom is 0.0510 e. The number of nitrogens with two attached hydrogens (primary N) is 1. The fourth-order valence-corrected chi connectivity index (χ4v) is 0.531. The van der Waals surface area contributed by atoms with Crippen LogP contribution in [0.25, 0.3) is 0 Å². The maximum absolute atomic E-state index is 5.61. The standard InChI is InChI=1S/C5H10N2/c1-7-4-5(6)2-3-5/h4H,2-3,6H2,1H3/b7-4-. The minimum absolute atomic E-state index is 0.00868. The Kier molecular flexibility index (Phi) is 0.889. The average Bonchev–Trinajstić information content (AvgIpc) is 2.22. The predicted octanol–water partition coefficient (Wildman–Crippen LogP) is 0.178. The van der Waals surface area contributed by atoms with Crippen molar-refractivity contribution in [2.75, 3.05) is 7.05 Å². The summed E-state index contributed by atoms with van der Waals surface area (Å²) in [5.41, 5.74) is 5.62. The van der Waals surface area contributed by atoms with Crippen LogP contribution >= 0.6 is 0 Å². The zero-order chi connectivity index (χ0) is 5.33. The molecule has 0 aliphatic heterocycles. The lowest BCUT2D eigenvalue weighted by Crippen LogP contribution is -2.22. The minimum Gasteiger partial charge on any atom is -0.321 e. The molecule has 0 aromatic carbocycles. The molecular weight excluding hydrogens is 88.1 g/mol. The Hall–Kier alpha value is -0.370. The van der Waals surface area contributed by atoms with E-state index in [9.17, 15) is 0 Å². The molecule has 0 bridgehead atoms. The van der Waals surface area contributed by atoms with Crippen LogP contribution < -0.4 is 5.73 Å². The smallest absolute Gasteiger partial charge is 0.0510 e. The molecule has 2 heteroatoms. The first-order valence-corrected chi connectivity index (χ1v) is 2.49. The van der Waals surface area contributed by atoms with Gasteiger partial charge in [-0.05, 0) is 12.8 Å². The van der Waals surface area contributed by atoms with Gasteiger partial charge >= 0.3 is 0 Å². The van der Waals surface area contributed by atoms with Crippen molar-refractivity contribution in [1.82, 2.24) is 0 Å². The van der Waals surface area contributed by atoms with E-state index >= 15 is 0 Å². The summed E-state index contributed by atoms with van der Waals surface area (Å²) in [6.07, 6.45) is 4.06. The quantitative estimate of drug-likeness (QED) is 0.467. The second-order valence-electron chi connectivity index (χ2n) is 2.12. The summed E-state index contributed by atoms with van der Waals surface area (Å²) >= 11 is 0. The zero-order valence-corrected chi connectivity index (χ0v) is 4.52. The number of hydrogen-bond donors (Lipinski definition) is 1. The van der Waals surface area contributed by atoms with Gasteiger partial charge in [0.15, 0.2) is 0 Å². The molecule has 1 saturated carbocycles. The summed E-state index contributed by atoms with van der Waals surface area (Å²) in [6, 6.07) is 0. The van der Waals surface area contributed by atoms with Gasteiger partial charge in [-0.25, -0.2) is 0 Å². The van der Waals surface area contributed by atoms with Crippen LogP contribution in [0.4, 0.5) is 0 Å². The summed E-state index contributed by atoms with van der Waals surface area (Å²) in [5, 5.41) is 0. The minimum atomic E-state index is 0.00868. The lowest BCUT2D eigenvalue weighted by Gasteiger charge is -1.93. The van der Waals surface area contributed by atoms with Gasteiger partial charge < -0.3 is 5.73 Å². The molecule has 0 amide bonds. The van der Waals surface area contributed by atoms with Crippen LogP contribution in [-0.2, 0) is 0 Å². The average molecular weight is 98.1 g/mol. The highest BCUT2D eigenvalue weighted by Gasteiger charge is 2.35. The molecule has 0 heterocycles. The van der Waals surface area contributed by atoms with Gasteiger partial charge in [-0.3, -0.25) is 4.99 Å². The van der Waals surface area contributed by atoms with Crippen molar-refractivity contribution in [3.05, 3.63) is 0 Å². The molecule has 0 aromatic rings. The Bertz CT molecular complexity index is 92.3. The summed E-state index contributed by atoms with van der Waals surface area (Å²) in [7, 11) is 1.76. The van der Waals surface area contributed by atoms with Gasteiger partial charge in [0.2, 0.25) is 0 Å². The van der Waals surface area contributed by atoms with Gasteiger partial charge in [-0.15, -0.1) is 0 Å². The van der Waals surface area contributed by atoms with Crippen LogP contribution in [0, 0.1) is 0 Å². The number of nitrogens with zero attached hydrogens (tertiary/aromatic N) is 1. The Labute approximate surface area is 43.4 Å². The largest absolute Gasteiger partial charge is 0.321 e. The van der Waals surface area contributed by atoms with E-state index in [1.807, 2.05) is 6.21 Å². The SMILES string of the molecule is C/N=C\C1(N)CC1. The van der Waals surface area contributed by atoms with Gasteiger partial charge in [0.25, 0.3) is 0 Å². The maximum atomic E-state index is 5.61. The number of aliphatic imine (C=N–C) groups is 1. The molecule has 2 nitrogen and oxygen atoms in total. The topological polar surface area (TPSA) is 38.4 Å².